The Morgan fingerprint density at radius 1 is 1.03 bits per heavy atom. The maximum absolute atomic E-state index is 12.3. The van der Waals surface area contributed by atoms with Crippen LogP contribution in [0.4, 0.5) is 13.2 Å². The average molecular weight is 411 g/mol. The van der Waals surface area contributed by atoms with Gasteiger partial charge in [0, 0.05) is 36.4 Å². The molecule has 3 heterocycles. The predicted molar refractivity (Wildman–Crippen MR) is 103 cm³/mol. The van der Waals surface area contributed by atoms with Crippen molar-refractivity contribution < 1.29 is 18.0 Å². The topological polar surface area (TPSA) is 73.0 Å². The Balaban J connectivity index is 1.57. The highest BCUT2D eigenvalue weighted by Crippen LogP contribution is 2.25. The molecule has 0 saturated carbocycles. The molecule has 1 aromatic carbocycles. The first kappa shape index (κ1) is 19.7. The van der Waals surface area contributed by atoms with Gasteiger partial charge < -0.3 is 0 Å². The van der Waals surface area contributed by atoms with Crippen LogP contribution in [0.2, 0.25) is 0 Å². The van der Waals surface area contributed by atoms with Gasteiger partial charge in [0.1, 0.15) is 11.4 Å². The second-order valence-electron chi connectivity index (χ2n) is 6.78. The average Bonchev–Trinajstić information content (AvgIpc) is 3.16. The van der Waals surface area contributed by atoms with E-state index in [2.05, 4.69) is 20.2 Å². The lowest BCUT2D eigenvalue weighted by atomic mass is 10.0. The quantitative estimate of drug-likeness (QED) is 0.473. The highest BCUT2D eigenvalue weighted by Gasteiger charge is 2.27. The molecule has 0 saturated heterocycles. The van der Waals surface area contributed by atoms with Crippen molar-refractivity contribution in [3.63, 3.8) is 0 Å². The van der Waals surface area contributed by atoms with Gasteiger partial charge in [-0.1, -0.05) is 18.2 Å². The van der Waals surface area contributed by atoms with Crippen molar-refractivity contribution >= 4 is 11.4 Å². The van der Waals surface area contributed by atoms with E-state index in [1.807, 2.05) is 28.8 Å². The standard InChI is InChI=1S/C21H16F3N5O/c22-21(23,24)6-4-17(30)11-14-2-1-3-15(10-14)18-13-26-19-12-16(5-9-29(18)19)20-25-7-8-27-28-20/h1-3,5,7-10,12-13H,4,6,11H2. The number of carbonyl (C=O) groups excluding carboxylic acids is 1. The molecule has 0 spiro atoms. The Morgan fingerprint density at radius 2 is 1.90 bits per heavy atom. The summed E-state index contributed by atoms with van der Waals surface area (Å²) < 4.78 is 38.8. The van der Waals surface area contributed by atoms with Crippen molar-refractivity contribution in [1.29, 1.82) is 0 Å². The van der Waals surface area contributed by atoms with Gasteiger partial charge >= 0.3 is 6.18 Å². The van der Waals surface area contributed by atoms with Gasteiger partial charge in [0.2, 0.25) is 0 Å². The van der Waals surface area contributed by atoms with Crippen LogP contribution >= 0.6 is 0 Å². The zero-order valence-corrected chi connectivity index (χ0v) is 15.7. The molecule has 0 N–H and O–H groups in total. The smallest absolute Gasteiger partial charge is 0.300 e. The molecule has 0 atom stereocenters. The Hall–Kier alpha value is -3.62. The molecule has 9 heteroatoms. The van der Waals surface area contributed by atoms with Gasteiger partial charge in [0.15, 0.2) is 5.82 Å². The SMILES string of the molecule is O=C(CCC(F)(F)F)Cc1cccc(-c2cnc3cc(-c4nccnn4)ccn23)c1. The highest BCUT2D eigenvalue weighted by molar-refractivity contribution is 5.81. The largest absolute Gasteiger partial charge is 0.389 e. The molecule has 0 aliphatic carbocycles. The summed E-state index contributed by atoms with van der Waals surface area (Å²) in [7, 11) is 0. The number of carbonyl (C=O) groups is 1. The predicted octanol–water partition coefficient (Wildman–Crippen LogP) is 4.31. The number of hydrogen-bond donors (Lipinski definition) is 0. The summed E-state index contributed by atoms with van der Waals surface area (Å²) in [5, 5.41) is 7.81. The van der Waals surface area contributed by atoms with E-state index in [0.29, 0.717) is 17.0 Å². The lowest BCUT2D eigenvalue weighted by Crippen LogP contribution is -2.12. The number of alkyl halides is 3. The second kappa shape index (κ2) is 8.02. The lowest BCUT2D eigenvalue weighted by molar-refractivity contribution is -0.143. The Kier molecular flexibility index (Phi) is 5.26. The van der Waals surface area contributed by atoms with Crippen molar-refractivity contribution in [1.82, 2.24) is 24.6 Å². The van der Waals surface area contributed by atoms with Crippen molar-refractivity contribution in [3.05, 3.63) is 66.7 Å². The monoisotopic (exact) mass is 411 g/mol. The third-order valence-electron chi connectivity index (χ3n) is 4.57. The lowest BCUT2D eigenvalue weighted by Gasteiger charge is -2.07. The van der Waals surface area contributed by atoms with Crippen LogP contribution in [0, 0.1) is 0 Å². The van der Waals surface area contributed by atoms with Gasteiger partial charge in [-0.15, -0.1) is 5.10 Å². The van der Waals surface area contributed by atoms with Gasteiger partial charge in [-0.3, -0.25) is 9.20 Å². The molecule has 6 nitrogen and oxygen atoms in total. The molecule has 0 radical (unpaired) electrons. The van der Waals surface area contributed by atoms with E-state index >= 15 is 0 Å². The molecule has 4 rings (SSSR count). The molecule has 0 fully saturated rings. The number of fused-ring (bicyclic) bond motifs is 1. The van der Waals surface area contributed by atoms with E-state index in [1.54, 1.807) is 30.6 Å². The summed E-state index contributed by atoms with van der Waals surface area (Å²) in [6.07, 6.45) is 0.626. The van der Waals surface area contributed by atoms with E-state index < -0.39 is 24.8 Å². The maximum atomic E-state index is 12.3. The van der Waals surface area contributed by atoms with Crippen LogP contribution in [0.3, 0.4) is 0 Å². The minimum Gasteiger partial charge on any atom is -0.300 e. The summed E-state index contributed by atoms with van der Waals surface area (Å²) in [6, 6.07) is 10.9. The molecule has 0 aliphatic heterocycles. The normalized spacial score (nSPS) is 11.7. The first-order valence-electron chi connectivity index (χ1n) is 9.18. The zero-order valence-electron chi connectivity index (χ0n) is 15.7. The van der Waals surface area contributed by atoms with Crippen LogP contribution in [0.25, 0.3) is 28.3 Å². The highest BCUT2D eigenvalue weighted by atomic mass is 19.4. The van der Waals surface area contributed by atoms with E-state index in [-0.39, 0.29) is 6.42 Å². The van der Waals surface area contributed by atoms with Crippen molar-refractivity contribution in [2.45, 2.75) is 25.4 Å². The maximum Gasteiger partial charge on any atom is 0.389 e. The number of pyridine rings is 1. The molecule has 0 amide bonds. The summed E-state index contributed by atoms with van der Waals surface area (Å²) in [6.45, 7) is 0. The summed E-state index contributed by atoms with van der Waals surface area (Å²) in [5.41, 5.74) is 3.73. The van der Waals surface area contributed by atoms with E-state index in [4.69, 9.17) is 0 Å². The number of Topliss-reactive ketones (excluding diaryl/α,β-unsaturated/α-hetero) is 1. The second-order valence-corrected chi connectivity index (χ2v) is 6.78. The van der Waals surface area contributed by atoms with Crippen molar-refractivity contribution in [2.24, 2.45) is 0 Å². The minimum atomic E-state index is -4.33. The molecule has 30 heavy (non-hydrogen) atoms. The molecule has 0 aliphatic rings. The zero-order chi connectivity index (χ0) is 21.1. The van der Waals surface area contributed by atoms with E-state index in [9.17, 15) is 18.0 Å². The first-order chi connectivity index (χ1) is 14.4. The number of rotatable bonds is 6. The fraction of sp³-hybridized carbons (Fsp3) is 0.190. The minimum absolute atomic E-state index is 0.0385. The van der Waals surface area contributed by atoms with Crippen molar-refractivity contribution in [2.75, 3.05) is 0 Å². The first-order valence-corrected chi connectivity index (χ1v) is 9.18. The molecular formula is C21H16F3N5O. The summed E-state index contributed by atoms with van der Waals surface area (Å²) in [5.74, 6) is 0.0487. The molecule has 3 aromatic heterocycles. The van der Waals surface area contributed by atoms with Gasteiger partial charge in [0.25, 0.3) is 0 Å². The number of imidazole rings is 1. The number of nitrogens with zero attached hydrogens (tertiary/aromatic N) is 5. The van der Waals surface area contributed by atoms with Gasteiger partial charge in [-0.25, -0.2) is 9.97 Å². The van der Waals surface area contributed by atoms with Gasteiger partial charge in [-0.05, 0) is 23.8 Å². The van der Waals surface area contributed by atoms with E-state index in [0.717, 1.165) is 16.8 Å². The molecule has 0 unspecified atom stereocenters. The Morgan fingerprint density at radius 3 is 2.67 bits per heavy atom. The van der Waals surface area contributed by atoms with Crippen LogP contribution in [-0.2, 0) is 11.2 Å². The number of aromatic nitrogens is 5. The van der Waals surface area contributed by atoms with Crippen LogP contribution in [0.1, 0.15) is 18.4 Å². The molecule has 4 aromatic rings. The molecule has 152 valence electrons. The summed E-state index contributed by atoms with van der Waals surface area (Å²) >= 11 is 0. The number of ketones is 1. The van der Waals surface area contributed by atoms with Gasteiger partial charge in [-0.2, -0.15) is 18.3 Å². The fourth-order valence-electron chi connectivity index (χ4n) is 3.15. The molecule has 0 bridgehead atoms. The Bertz CT molecular complexity index is 1190. The van der Waals surface area contributed by atoms with Crippen LogP contribution in [-0.4, -0.2) is 36.5 Å². The summed E-state index contributed by atoms with van der Waals surface area (Å²) in [4.78, 5) is 20.5. The third kappa shape index (κ3) is 4.51. The number of halogens is 3. The van der Waals surface area contributed by atoms with Crippen LogP contribution < -0.4 is 0 Å². The third-order valence-corrected chi connectivity index (χ3v) is 4.57. The van der Waals surface area contributed by atoms with Gasteiger partial charge in [0.05, 0.1) is 24.5 Å². The van der Waals surface area contributed by atoms with Crippen LogP contribution in [0.15, 0.2) is 61.2 Å². The van der Waals surface area contributed by atoms with Crippen LogP contribution in [0.5, 0.6) is 0 Å². The number of benzene rings is 1. The Labute approximate surface area is 169 Å². The number of hydrogen-bond acceptors (Lipinski definition) is 5. The van der Waals surface area contributed by atoms with E-state index in [1.165, 1.54) is 6.20 Å². The van der Waals surface area contributed by atoms with Crippen molar-refractivity contribution in [3.8, 4) is 22.6 Å². The molecular weight excluding hydrogens is 395 g/mol. The fourth-order valence-corrected chi connectivity index (χ4v) is 3.15.